The maximum absolute atomic E-state index is 13.1. The fourth-order valence-electron chi connectivity index (χ4n) is 1.92. The van der Waals surface area contributed by atoms with E-state index in [9.17, 15) is 12.8 Å². The van der Waals surface area contributed by atoms with Gasteiger partial charge in [-0.25, -0.2) is 12.8 Å². The predicted octanol–water partition coefficient (Wildman–Crippen LogP) is 2.24. The van der Waals surface area contributed by atoms with E-state index < -0.39 is 15.8 Å². The lowest BCUT2D eigenvalue weighted by atomic mass is 10.3. The normalized spacial score (nSPS) is 11.2. The second kappa shape index (κ2) is 5.61. The van der Waals surface area contributed by atoms with Crippen LogP contribution < -0.4 is 14.8 Å². The van der Waals surface area contributed by atoms with Gasteiger partial charge in [-0.2, -0.15) is 0 Å². The zero-order chi connectivity index (χ0) is 15.6. The molecule has 112 valence electrons. The van der Waals surface area contributed by atoms with Crippen molar-refractivity contribution in [2.24, 2.45) is 0 Å². The smallest absolute Gasteiger partial charge is 0.266 e. The summed E-state index contributed by atoms with van der Waals surface area (Å²) in [6, 6.07) is 9.85. The summed E-state index contributed by atoms with van der Waals surface area (Å²) in [7, 11) is -1.08. The molecule has 7 heteroatoms. The molecule has 0 aliphatic carbocycles. The molecule has 0 aliphatic rings. The highest BCUT2D eigenvalue weighted by Gasteiger charge is 2.25. The molecule has 0 bridgehead atoms. The van der Waals surface area contributed by atoms with E-state index in [-0.39, 0.29) is 10.6 Å². The van der Waals surface area contributed by atoms with Crippen molar-refractivity contribution in [2.45, 2.75) is 4.90 Å². The molecule has 0 unspecified atom stereocenters. The van der Waals surface area contributed by atoms with Crippen LogP contribution in [0.5, 0.6) is 5.75 Å². The second-order valence-electron chi connectivity index (χ2n) is 4.33. The fourth-order valence-corrected chi connectivity index (χ4v) is 3.22. The van der Waals surface area contributed by atoms with Gasteiger partial charge < -0.3 is 10.5 Å². The predicted molar refractivity (Wildman–Crippen MR) is 79.4 cm³/mol. The summed E-state index contributed by atoms with van der Waals surface area (Å²) in [6.07, 6.45) is 0. The van der Waals surface area contributed by atoms with Gasteiger partial charge in [0.05, 0.1) is 18.5 Å². The van der Waals surface area contributed by atoms with Crippen LogP contribution in [0.3, 0.4) is 0 Å². The zero-order valence-electron chi connectivity index (χ0n) is 11.6. The van der Waals surface area contributed by atoms with Crippen molar-refractivity contribution in [1.82, 2.24) is 0 Å². The molecule has 0 atom stereocenters. The quantitative estimate of drug-likeness (QED) is 0.879. The highest BCUT2D eigenvalue weighted by molar-refractivity contribution is 7.93. The molecule has 0 amide bonds. The van der Waals surface area contributed by atoms with E-state index in [1.54, 1.807) is 24.3 Å². The number of sulfonamides is 1. The lowest BCUT2D eigenvalue weighted by Gasteiger charge is -2.22. The fraction of sp³-hybridized carbons (Fsp3) is 0.143. The van der Waals surface area contributed by atoms with Gasteiger partial charge in [0.25, 0.3) is 10.0 Å². The van der Waals surface area contributed by atoms with E-state index in [1.807, 2.05) is 0 Å². The number of halogens is 1. The number of hydrogen-bond donors (Lipinski definition) is 1. The first-order valence-electron chi connectivity index (χ1n) is 6.05. The number of para-hydroxylation sites is 2. The molecule has 0 radical (unpaired) electrons. The number of methoxy groups -OCH3 is 1. The number of nitrogen functional groups attached to an aromatic ring is 1. The third kappa shape index (κ3) is 2.78. The summed E-state index contributed by atoms with van der Waals surface area (Å²) in [4.78, 5) is -0.155. The Morgan fingerprint density at radius 1 is 1.19 bits per heavy atom. The lowest BCUT2D eigenvalue weighted by Crippen LogP contribution is -2.27. The van der Waals surface area contributed by atoms with Crippen molar-refractivity contribution in [3.8, 4) is 5.75 Å². The average Bonchev–Trinajstić information content (AvgIpc) is 2.46. The molecule has 0 saturated carbocycles. The summed E-state index contributed by atoms with van der Waals surface area (Å²) in [5.41, 5.74) is 5.84. The first-order valence-corrected chi connectivity index (χ1v) is 7.49. The maximum Gasteiger partial charge on any atom is 0.266 e. The Bertz CT molecular complexity index is 763. The van der Waals surface area contributed by atoms with Crippen molar-refractivity contribution in [2.75, 3.05) is 24.2 Å². The molecule has 2 aromatic carbocycles. The molecule has 21 heavy (non-hydrogen) atoms. The Kier molecular flexibility index (Phi) is 4.04. The molecule has 5 nitrogen and oxygen atoms in total. The van der Waals surface area contributed by atoms with Crippen molar-refractivity contribution in [3.63, 3.8) is 0 Å². The highest BCUT2D eigenvalue weighted by atomic mass is 32.2. The Balaban J connectivity index is 2.53. The van der Waals surface area contributed by atoms with Gasteiger partial charge >= 0.3 is 0 Å². The summed E-state index contributed by atoms with van der Waals surface area (Å²) >= 11 is 0. The first-order chi connectivity index (χ1) is 9.87. The van der Waals surface area contributed by atoms with Crippen LogP contribution in [0.25, 0.3) is 0 Å². The maximum atomic E-state index is 13.1. The first kappa shape index (κ1) is 15.1. The number of nitrogens with zero attached hydrogens (tertiary/aromatic N) is 1. The van der Waals surface area contributed by atoms with Gasteiger partial charge in [0, 0.05) is 7.05 Å². The number of benzene rings is 2. The summed E-state index contributed by atoms with van der Waals surface area (Å²) in [6.45, 7) is 0. The molecule has 0 saturated heterocycles. The number of anilines is 2. The summed E-state index contributed by atoms with van der Waals surface area (Å²) < 4.78 is 44.5. The Morgan fingerprint density at radius 2 is 1.86 bits per heavy atom. The molecule has 2 aromatic rings. The summed E-state index contributed by atoms with van der Waals surface area (Å²) in [5, 5.41) is 0. The number of nitrogens with two attached hydrogens (primary N) is 1. The van der Waals surface area contributed by atoms with Crippen LogP contribution in [0, 0.1) is 5.82 Å². The molecule has 0 heterocycles. The minimum atomic E-state index is -3.91. The third-order valence-corrected chi connectivity index (χ3v) is 4.88. The van der Waals surface area contributed by atoms with Gasteiger partial charge in [0.2, 0.25) is 0 Å². The van der Waals surface area contributed by atoms with E-state index in [4.69, 9.17) is 10.5 Å². The Labute approximate surface area is 122 Å². The number of ether oxygens (including phenoxy) is 1. The number of hydrogen-bond acceptors (Lipinski definition) is 4. The molecular formula is C14H15FN2O3S. The molecular weight excluding hydrogens is 295 g/mol. The summed E-state index contributed by atoms with van der Waals surface area (Å²) in [5.74, 6) is -0.185. The van der Waals surface area contributed by atoms with Gasteiger partial charge in [-0.15, -0.1) is 0 Å². The van der Waals surface area contributed by atoms with Crippen LogP contribution in [0.4, 0.5) is 15.8 Å². The lowest BCUT2D eigenvalue weighted by molar-refractivity contribution is 0.416. The second-order valence-corrected chi connectivity index (χ2v) is 6.26. The van der Waals surface area contributed by atoms with Crippen LogP contribution in [0.1, 0.15) is 0 Å². The van der Waals surface area contributed by atoms with Gasteiger partial charge in [-0.3, -0.25) is 4.31 Å². The van der Waals surface area contributed by atoms with E-state index in [0.29, 0.717) is 11.4 Å². The van der Waals surface area contributed by atoms with E-state index >= 15 is 0 Å². The highest BCUT2D eigenvalue weighted by Crippen LogP contribution is 2.32. The van der Waals surface area contributed by atoms with Crippen LogP contribution in [-0.2, 0) is 10.0 Å². The molecule has 2 rings (SSSR count). The molecule has 0 spiro atoms. The zero-order valence-corrected chi connectivity index (χ0v) is 12.4. The van der Waals surface area contributed by atoms with E-state index in [0.717, 1.165) is 22.5 Å². The van der Waals surface area contributed by atoms with E-state index in [2.05, 4.69) is 0 Å². The van der Waals surface area contributed by atoms with E-state index in [1.165, 1.54) is 14.2 Å². The van der Waals surface area contributed by atoms with Crippen LogP contribution in [0.2, 0.25) is 0 Å². The van der Waals surface area contributed by atoms with Gasteiger partial charge in [0.1, 0.15) is 16.5 Å². The SMILES string of the molecule is COc1ccccc1N(C)S(=O)(=O)c1ccc(F)cc1N. The van der Waals surface area contributed by atoms with Gasteiger partial charge in [-0.1, -0.05) is 12.1 Å². The molecule has 0 aromatic heterocycles. The number of rotatable bonds is 4. The van der Waals surface area contributed by atoms with Crippen LogP contribution >= 0.6 is 0 Å². The average molecular weight is 310 g/mol. The van der Waals surface area contributed by atoms with Crippen molar-refractivity contribution < 1.29 is 17.5 Å². The van der Waals surface area contributed by atoms with Crippen LogP contribution in [0.15, 0.2) is 47.4 Å². The Morgan fingerprint density at radius 3 is 2.48 bits per heavy atom. The third-order valence-electron chi connectivity index (χ3n) is 3.03. The van der Waals surface area contributed by atoms with Crippen molar-refractivity contribution in [1.29, 1.82) is 0 Å². The van der Waals surface area contributed by atoms with Gasteiger partial charge in [-0.05, 0) is 30.3 Å². The molecule has 0 fully saturated rings. The molecule has 0 aliphatic heterocycles. The van der Waals surface area contributed by atoms with Gasteiger partial charge in [0.15, 0.2) is 0 Å². The monoisotopic (exact) mass is 310 g/mol. The van der Waals surface area contributed by atoms with Crippen LogP contribution in [-0.4, -0.2) is 22.6 Å². The van der Waals surface area contributed by atoms with Crippen molar-refractivity contribution >= 4 is 21.4 Å². The minimum absolute atomic E-state index is 0.142. The standard InChI is InChI=1S/C14H15FN2O3S/c1-17(12-5-3-4-6-13(12)20-2)21(18,19)14-8-7-10(15)9-11(14)16/h3-9H,16H2,1-2H3. The van der Waals surface area contributed by atoms with Crippen molar-refractivity contribution in [3.05, 3.63) is 48.3 Å². The molecule has 2 N–H and O–H groups in total. The minimum Gasteiger partial charge on any atom is -0.495 e. The topological polar surface area (TPSA) is 72.6 Å². The largest absolute Gasteiger partial charge is 0.495 e. The Hall–Kier alpha value is -2.28.